The monoisotopic (exact) mass is 474 g/mol. The number of rotatable bonds is 7. The van der Waals surface area contributed by atoms with Crippen molar-refractivity contribution in [2.75, 3.05) is 13.2 Å². The third-order valence-electron chi connectivity index (χ3n) is 8.42. The van der Waals surface area contributed by atoms with Crippen LogP contribution in [0.4, 0.5) is 13.2 Å². The molecule has 1 amide bonds. The first kappa shape index (κ1) is 22.9. The van der Waals surface area contributed by atoms with E-state index in [0.717, 1.165) is 19.1 Å². The van der Waals surface area contributed by atoms with Crippen molar-refractivity contribution in [3.05, 3.63) is 47.8 Å². The molecule has 9 heteroatoms. The van der Waals surface area contributed by atoms with Gasteiger partial charge in [-0.25, -0.2) is 0 Å². The molecule has 5 unspecified atom stereocenters. The largest absolute Gasteiger partial charge is 0.487 e. The number of allylic oxidation sites excluding steroid dienone is 4. The molecule has 182 valence electrons. The van der Waals surface area contributed by atoms with Crippen LogP contribution in [0.3, 0.4) is 0 Å². The second-order valence-corrected chi connectivity index (χ2v) is 10.4. The first-order chi connectivity index (χ1) is 16.0. The van der Waals surface area contributed by atoms with Crippen LogP contribution in [-0.4, -0.2) is 54.3 Å². The van der Waals surface area contributed by atoms with Crippen molar-refractivity contribution in [3.63, 3.8) is 0 Å². The Morgan fingerprint density at radius 3 is 2.71 bits per heavy atom. The van der Waals surface area contributed by atoms with Crippen LogP contribution in [0.2, 0.25) is 0 Å². The van der Waals surface area contributed by atoms with Gasteiger partial charge in [0.25, 0.3) is 0 Å². The van der Waals surface area contributed by atoms with E-state index in [2.05, 4.69) is 17.5 Å². The molecule has 6 atom stereocenters. The molecule has 1 heterocycles. The number of carbonyl (C=O) groups is 1. The molecule has 3 N–H and O–H groups in total. The Morgan fingerprint density at radius 2 is 2.15 bits per heavy atom. The van der Waals surface area contributed by atoms with Crippen LogP contribution in [0.25, 0.3) is 0 Å². The molecule has 0 radical (unpaired) electrons. The highest BCUT2D eigenvalue weighted by Gasteiger charge is 2.63. The van der Waals surface area contributed by atoms with E-state index in [0.29, 0.717) is 17.8 Å². The summed E-state index contributed by atoms with van der Waals surface area (Å²) in [6.07, 6.45) is 10.9. The molecule has 5 aliphatic rings. The van der Waals surface area contributed by atoms with Crippen LogP contribution in [0.15, 0.2) is 47.8 Å². The number of amidine groups is 1. The first-order valence-corrected chi connectivity index (χ1v) is 11.6. The van der Waals surface area contributed by atoms with Crippen LogP contribution >= 0.6 is 0 Å². The summed E-state index contributed by atoms with van der Waals surface area (Å²) in [5, 5.41) is 20.2. The predicted octanol–water partition coefficient (Wildman–Crippen LogP) is 4.12. The minimum atomic E-state index is -4.49. The molecule has 0 bridgehead atoms. The minimum absolute atomic E-state index is 0.0411. The molecular weight excluding hydrogens is 445 g/mol. The van der Waals surface area contributed by atoms with Crippen LogP contribution in [0.1, 0.15) is 33.1 Å². The van der Waals surface area contributed by atoms with E-state index in [1.165, 1.54) is 0 Å². The van der Waals surface area contributed by atoms with Crippen molar-refractivity contribution >= 4 is 18.0 Å². The van der Waals surface area contributed by atoms with Crippen molar-refractivity contribution in [3.8, 4) is 0 Å². The number of halogens is 3. The van der Waals surface area contributed by atoms with Gasteiger partial charge in [-0.05, 0) is 38.7 Å². The van der Waals surface area contributed by atoms with Crippen molar-refractivity contribution < 1.29 is 22.7 Å². The van der Waals surface area contributed by atoms with Gasteiger partial charge in [-0.15, -0.1) is 0 Å². The average molecular weight is 475 g/mol. The summed E-state index contributed by atoms with van der Waals surface area (Å²) in [6.45, 7) is 2.29. The molecule has 6 nitrogen and oxygen atoms in total. The number of alkyl halides is 3. The van der Waals surface area contributed by atoms with Gasteiger partial charge in [0.15, 0.2) is 6.61 Å². The SMILES string of the molecule is CC1=C(OCC(F)(F)F)C(C=N)(C(C)N2CC3(C(=N)N[C@@H]4CC45C=CC=CC5)C=CC3C2=O)C1. The summed E-state index contributed by atoms with van der Waals surface area (Å²) in [5.74, 6) is -0.190. The van der Waals surface area contributed by atoms with Crippen LogP contribution in [0, 0.1) is 33.0 Å². The van der Waals surface area contributed by atoms with Gasteiger partial charge < -0.3 is 20.4 Å². The molecular formula is C25H29F3N4O2. The zero-order valence-electron chi connectivity index (χ0n) is 19.2. The number of ether oxygens (including phenoxy) is 1. The Morgan fingerprint density at radius 1 is 1.38 bits per heavy atom. The Hall–Kier alpha value is -2.84. The number of nitrogens with zero attached hydrogens (tertiary/aromatic N) is 1. The van der Waals surface area contributed by atoms with Crippen molar-refractivity contribution in [1.29, 1.82) is 10.8 Å². The fraction of sp³-hybridized carbons (Fsp3) is 0.560. The van der Waals surface area contributed by atoms with Gasteiger partial charge in [0.05, 0.1) is 16.7 Å². The van der Waals surface area contributed by atoms with E-state index in [1.807, 2.05) is 18.2 Å². The quantitative estimate of drug-likeness (QED) is 0.295. The van der Waals surface area contributed by atoms with E-state index in [4.69, 9.17) is 15.6 Å². The van der Waals surface area contributed by atoms with E-state index < -0.39 is 35.6 Å². The zero-order chi connectivity index (χ0) is 24.5. The summed E-state index contributed by atoms with van der Waals surface area (Å²) >= 11 is 0. The third kappa shape index (κ3) is 3.19. The molecule has 1 aliphatic heterocycles. The van der Waals surface area contributed by atoms with Gasteiger partial charge in [0, 0.05) is 30.3 Å². The summed E-state index contributed by atoms with van der Waals surface area (Å²) in [4.78, 5) is 15.0. The smallest absolute Gasteiger partial charge is 0.422 e. The molecule has 1 spiro atoms. The number of fused-ring (bicyclic) bond motifs is 1. The number of likely N-dealkylation sites (tertiary alicyclic amines) is 1. The van der Waals surface area contributed by atoms with Crippen LogP contribution in [0.5, 0.6) is 0 Å². The van der Waals surface area contributed by atoms with Crippen molar-refractivity contribution in [1.82, 2.24) is 10.2 Å². The summed E-state index contributed by atoms with van der Waals surface area (Å²) in [6, 6.07) is -0.417. The maximum Gasteiger partial charge on any atom is 0.422 e. The molecule has 0 aromatic heterocycles. The maximum atomic E-state index is 13.3. The number of hydrogen-bond donors (Lipinski definition) is 3. The number of hydrogen-bond acceptors (Lipinski definition) is 4. The molecule has 34 heavy (non-hydrogen) atoms. The van der Waals surface area contributed by atoms with Gasteiger partial charge in [-0.2, -0.15) is 13.2 Å². The van der Waals surface area contributed by atoms with E-state index in [9.17, 15) is 18.0 Å². The minimum Gasteiger partial charge on any atom is -0.487 e. The molecule has 4 aliphatic carbocycles. The standard InChI is InChI=1S/C25H29F3N4O2/c1-15-10-24(12-29,19(15)34-14-25(26,27)28)16(2)32-13-23(9-6-17(23)20(32)33)21(30)31-18-11-22(18)7-4-3-5-8-22/h3-7,9,12,16-18,29H,8,10-11,13-14H2,1-2H3,(H2,30,31)/t16?,17?,18-,22?,23?,24?/m1/s1. The average Bonchev–Trinajstić information content (AvgIpc) is 3.34. The highest BCUT2D eigenvalue weighted by atomic mass is 19.4. The highest BCUT2D eigenvalue weighted by molar-refractivity contribution is 6.01. The number of nitrogens with one attached hydrogen (secondary N) is 3. The third-order valence-corrected chi connectivity index (χ3v) is 8.42. The molecule has 0 aromatic rings. The molecule has 0 aromatic carbocycles. The summed E-state index contributed by atoms with van der Waals surface area (Å²) in [7, 11) is 0. The number of carbonyl (C=O) groups excluding carboxylic acids is 1. The number of amides is 1. The topological polar surface area (TPSA) is 89.3 Å². The highest BCUT2D eigenvalue weighted by Crippen LogP contribution is 2.56. The van der Waals surface area contributed by atoms with Crippen molar-refractivity contribution in [2.45, 2.75) is 51.4 Å². The van der Waals surface area contributed by atoms with Gasteiger partial charge in [0.2, 0.25) is 5.91 Å². The van der Waals surface area contributed by atoms with Gasteiger partial charge in [-0.1, -0.05) is 36.5 Å². The summed E-state index contributed by atoms with van der Waals surface area (Å²) in [5.41, 5.74) is -1.16. The Bertz CT molecular complexity index is 1080. The molecule has 1 saturated heterocycles. The maximum absolute atomic E-state index is 13.3. The fourth-order valence-electron chi connectivity index (χ4n) is 6.13. The second kappa shape index (κ2) is 7.33. The fourth-order valence-corrected chi connectivity index (χ4v) is 6.13. The van der Waals surface area contributed by atoms with E-state index in [-0.39, 0.29) is 29.7 Å². The van der Waals surface area contributed by atoms with Crippen molar-refractivity contribution in [2.24, 2.45) is 22.2 Å². The molecule has 1 saturated carbocycles. The molecule has 2 fully saturated rings. The predicted molar refractivity (Wildman–Crippen MR) is 121 cm³/mol. The van der Waals surface area contributed by atoms with Crippen LogP contribution < -0.4 is 5.32 Å². The van der Waals surface area contributed by atoms with E-state index in [1.54, 1.807) is 24.8 Å². The van der Waals surface area contributed by atoms with Gasteiger partial charge >= 0.3 is 6.18 Å². The van der Waals surface area contributed by atoms with Gasteiger partial charge in [0.1, 0.15) is 11.6 Å². The molecule has 5 rings (SSSR count). The van der Waals surface area contributed by atoms with E-state index >= 15 is 0 Å². The lowest BCUT2D eigenvalue weighted by Crippen LogP contribution is -2.54. The Labute approximate surface area is 196 Å². The zero-order valence-corrected chi connectivity index (χ0v) is 19.2. The lowest BCUT2D eigenvalue weighted by molar-refractivity contribution is -0.171. The summed E-state index contributed by atoms with van der Waals surface area (Å²) < 4.78 is 43.5. The Kier molecular flexibility index (Phi) is 4.94. The lowest BCUT2D eigenvalue weighted by atomic mass is 9.65. The lowest BCUT2D eigenvalue weighted by Gasteiger charge is -2.48. The Balaban J connectivity index is 1.31. The van der Waals surface area contributed by atoms with Gasteiger partial charge in [-0.3, -0.25) is 10.2 Å². The normalized spacial score (nSPS) is 38.4. The van der Waals surface area contributed by atoms with Crippen LogP contribution in [-0.2, 0) is 9.53 Å². The second-order valence-electron chi connectivity index (χ2n) is 10.4. The first-order valence-electron chi connectivity index (χ1n) is 11.6.